The molecule has 1 aromatic heterocycles. The molecule has 1 fully saturated rings. The van der Waals surface area contributed by atoms with Crippen molar-refractivity contribution in [2.45, 2.75) is 51.6 Å². The number of carbonyl (C=O) groups excluding carboxylic acids is 2. The normalized spacial score (nSPS) is 17.3. The number of fused-ring (bicyclic) bond motifs is 2. The van der Waals surface area contributed by atoms with Gasteiger partial charge in [-0.2, -0.15) is 0 Å². The Balaban J connectivity index is 1.55. The number of carbonyl (C=O) groups is 2. The van der Waals surface area contributed by atoms with E-state index in [1.54, 1.807) is 0 Å². The standard InChI is InChI=1S/C26H27N3O2/c1-2-17-8-7-12-20-18(14-22-21-11-5-6-13-23(21)28-26(22)31)15-29(25(17)20)16-24(30)27-19-9-3-4-10-19/h5-8,11-15,19H,2-4,9-10,16H2,1H3,(H,27,30)(H,28,31)/b22-14+. The van der Waals surface area contributed by atoms with E-state index < -0.39 is 0 Å². The summed E-state index contributed by atoms with van der Waals surface area (Å²) in [7, 11) is 0. The largest absolute Gasteiger partial charge is 0.352 e. The Morgan fingerprint density at radius 2 is 1.97 bits per heavy atom. The van der Waals surface area contributed by atoms with E-state index in [1.165, 1.54) is 18.4 Å². The van der Waals surface area contributed by atoms with Crippen molar-refractivity contribution in [2.24, 2.45) is 0 Å². The average Bonchev–Trinajstić information content (AvgIpc) is 3.47. The van der Waals surface area contributed by atoms with Crippen LogP contribution in [0, 0.1) is 0 Å². The minimum absolute atomic E-state index is 0.0536. The Labute approximate surface area is 182 Å². The molecular formula is C26H27N3O2. The second-order valence-electron chi connectivity index (χ2n) is 8.49. The first-order valence-corrected chi connectivity index (χ1v) is 11.2. The lowest BCUT2D eigenvalue weighted by molar-refractivity contribution is -0.122. The van der Waals surface area contributed by atoms with E-state index in [0.717, 1.165) is 47.0 Å². The zero-order chi connectivity index (χ0) is 21.4. The van der Waals surface area contributed by atoms with Crippen molar-refractivity contribution in [3.63, 3.8) is 0 Å². The number of hydrogen-bond donors (Lipinski definition) is 2. The average molecular weight is 414 g/mol. The number of rotatable bonds is 5. The fourth-order valence-corrected chi connectivity index (χ4v) is 4.93. The lowest BCUT2D eigenvalue weighted by atomic mass is 10.0. The van der Waals surface area contributed by atoms with Crippen LogP contribution in [0.3, 0.4) is 0 Å². The number of nitrogens with one attached hydrogen (secondary N) is 2. The van der Waals surface area contributed by atoms with Gasteiger partial charge in [0, 0.05) is 40.0 Å². The van der Waals surface area contributed by atoms with Crippen molar-refractivity contribution in [2.75, 3.05) is 5.32 Å². The van der Waals surface area contributed by atoms with Crippen LogP contribution in [0.2, 0.25) is 0 Å². The fourth-order valence-electron chi connectivity index (χ4n) is 4.93. The summed E-state index contributed by atoms with van der Waals surface area (Å²) in [6.07, 6.45) is 9.38. The Bertz CT molecular complexity index is 1200. The third kappa shape index (κ3) is 3.65. The summed E-state index contributed by atoms with van der Waals surface area (Å²) in [5, 5.41) is 7.20. The Hall–Kier alpha value is -3.34. The number of hydrogen-bond acceptors (Lipinski definition) is 2. The van der Waals surface area contributed by atoms with E-state index >= 15 is 0 Å². The highest BCUT2D eigenvalue weighted by Crippen LogP contribution is 2.35. The predicted molar refractivity (Wildman–Crippen MR) is 125 cm³/mol. The van der Waals surface area contributed by atoms with Crippen molar-refractivity contribution in [1.82, 2.24) is 9.88 Å². The van der Waals surface area contributed by atoms with E-state index in [-0.39, 0.29) is 18.4 Å². The molecule has 2 heterocycles. The molecule has 0 saturated heterocycles. The van der Waals surface area contributed by atoms with E-state index in [1.807, 2.05) is 41.1 Å². The van der Waals surface area contributed by atoms with Crippen molar-refractivity contribution >= 4 is 40.1 Å². The molecular weight excluding hydrogens is 386 g/mol. The van der Waals surface area contributed by atoms with Crippen LogP contribution in [-0.2, 0) is 22.6 Å². The zero-order valence-electron chi connectivity index (χ0n) is 17.8. The number of aromatic nitrogens is 1. The summed E-state index contributed by atoms with van der Waals surface area (Å²) in [5.41, 5.74) is 5.65. The third-order valence-corrected chi connectivity index (χ3v) is 6.44. The van der Waals surface area contributed by atoms with Gasteiger partial charge in [-0.3, -0.25) is 9.59 Å². The van der Waals surface area contributed by atoms with Crippen LogP contribution in [0.15, 0.2) is 48.7 Å². The fraction of sp³-hybridized carbons (Fsp3) is 0.308. The quantitative estimate of drug-likeness (QED) is 0.593. The monoisotopic (exact) mass is 413 g/mol. The van der Waals surface area contributed by atoms with Gasteiger partial charge in [-0.15, -0.1) is 0 Å². The Morgan fingerprint density at radius 3 is 2.77 bits per heavy atom. The molecule has 0 atom stereocenters. The van der Waals surface area contributed by atoms with E-state index in [4.69, 9.17) is 0 Å². The topological polar surface area (TPSA) is 63.1 Å². The maximum Gasteiger partial charge on any atom is 0.256 e. The van der Waals surface area contributed by atoms with E-state index in [0.29, 0.717) is 11.6 Å². The van der Waals surface area contributed by atoms with Gasteiger partial charge in [-0.05, 0) is 37.0 Å². The maximum absolute atomic E-state index is 12.8. The summed E-state index contributed by atoms with van der Waals surface area (Å²) >= 11 is 0. The molecule has 5 rings (SSSR count). The second-order valence-corrected chi connectivity index (χ2v) is 8.49. The minimum atomic E-state index is -0.0901. The first kappa shape index (κ1) is 19.6. The highest BCUT2D eigenvalue weighted by Gasteiger charge is 2.24. The summed E-state index contributed by atoms with van der Waals surface area (Å²) < 4.78 is 2.05. The van der Waals surface area contributed by atoms with Gasteiger partial charge in [-0.1, -0.05) is 56.2 Å². The highest BCUT2D eigenvalue weighted by molar-refractivity contribution is 6.35. The molecule has 3 aromatic rings. The van der Waals surface area contributed by atoms with Gasteiger partial charge in [0.15, 0.2) is 0 Å². The Kier molecular flexibility index (Phi) is 5.10. The van der Waals surface area contributed by atoms with Crippen molar-refractivity contribution in [1.29, 1.82) is 0 Å². The molecule has 5 nitrogen and oxygen atoms in total. The molecule has 1 aliphatic carbocycles. The molecule has 2 amide bonds. The lowest BCUT2D eigenvalue weighted by Gasteiger charge is -2.13. The molecule has 0 spiro atoms. The molecule has 2 aliphatic rings. The van der Waals surface area contributed by atoms with Crippen LogP contribution in [0.4, 0.5) is 5.69 Å². The van der Waals surface area contributed by atoms with Crippen LogP contribution in [-0.4, -0.2) is 22.4 Å². The first-order chi connectivity index (χ1) is 15.1. The number of para-hydroxylation sites is 2. The Morgan fingerprint density at radius 1 is 1.16 bits per heavy atom. The number of nitrogens with zero attached hydrogens (tertiary/aromatic N) is 1. The van der Waals surface area contributed by atoms with Crippen LogP contribution in [0.25, 0.3) is 22.6 Å². The SMILES string of the molecule is CCc1cccc2c(/C=C3/C(=O)Nc4ccccc43)cn(CC(=O)NC3CCCC3)c12. The van der Waals surface area contributed by atoms with E-state index in [9.17, 15) is 9.59 Å². The molecule has 0 unspecified atom stereocenters. The molecule has 0 bridgehead atoms. The lowest BCUT2D eigenvalue weighted by Crippen LogP contribution is -2.35. The van der Waals surface area contributed by atoms with Crippen LogP contribution >= 0.6 is 0 Å². The molecule has 5 heteroatoms. The molecule has 0 radical (unpaired) electrons. The molecule has 31 heavy (non-hydrogen) atoms. The summed E-state index contributed by atoms with van der Waals surface area (Å²) in [6.45, 7) is 2.42. The molecule has 2 aromatic carbocycles. The maximum atomic E-state index is 12.8. The van der Waals surface area contributed by atoms with Crippen LogP contribution < -0.4 is 10.6 Å². The van der Waals surface area contributed by atoms with Crippen LogP contribution in [0.5, 0.6) is 0 Å². The molecule has 1 aliphatic heterocycles. The van der Waals surface area contributed by atoms with Gasteiger partial charge in [0.05, 0.1) is 5.52 Å². The summed E-state index contributed by atoms with van der Waals surface area (Å²) in [6, 6.07) is 14.3. The van der Waals surface area contributed by atoms with Gasteiger partial charge in [0.25, 0.3) is 5.91 Å². The molecule has 158 valence electrons. The molecule has 2 N–H and O–H groups in total. The van der Waals surface area contributed by atoms with E-state index in [2.05, 4.69) is 35.8 Å². The summed E-state index contributed by atoms with van der Waals surface area (Å²) in [4.78, 5) is 25.4. The zero-order valence-corrected chi connectivity index (χ0v) is 17.8. The number of anilines is 1. The number of aryl methyl sites for hydroxylation is 1. The van der Waals surface area contributed by atoms with Gasteiger partial charge >= 0.3 is 0 Å². The molecule has 1 saturated carbocycles. The van der Waals surface area contributed by atoms with Gasteiger partial charge in [-0.25, -0.2) is 0 Å². The number of amides is 2. The predicted octanol–water partition coefficient (Wildman–Crippen LogP) is 4.76. The van der Waals surface area contributed by atoms with Crippen LogP contribution in [0.1, 0.15) is 49.3 Å². The summed E-state index contributed by atoms with van der Waals surface area (Å²) in [5.74, 6) is -0.0365. The third-order valence-electron chi connectivity index (χ3n) is 6.44. The van der Waals surface area contributed by atoms with Crippen molar-refractivity contribution in [3.05, 3.63) is 65.4 Å². The van der Waals surface area contributed by atoms with Gasteiger partial charge < -0.3 is 15.2 Å². The second kappa shape index (κ2) is 8.06. The van der Waals surface area contributed by atoms with Gasteiger partial charge in [0.1, 0.15) is 6.54 Å². The first-order valence-electron chi connectivity index (χ1n) is 11.2. The van der Waals surface area contributed by atoms with Gasteiger partial charge in [0.2, 0.25) is 5.91 Å². The minimum Gasteiger partial charge on any atom is -0.352 e. The highest BCUT2D eigenvalue weighted by atomic mass is 16.2. The number of benzene rings is 2. The smallest absolute Gasteiger partial charge is 0.256 e. The van der Waals surface area contributed by atoms with Crippen molar-refractivity contribution in [3.8, 4) is 0 Å². The van der Waals surface area contributed by atoms with Crippen molar-refractivity contribution < 1.29 is 9.59 Å².